The first-order valence-electron chi connectivity index (χ1n) is 6.71. The maximum Gasteiger partial charge on any atom is 0.343 e. The van der Waals surface area contributed by atoms with Crippen LogP contribution >= 0.6 is 15.9 Å². The molecule has 0 saturated carbocycles. The van der Waals surface area contributed by atoms with Crippen molar-refractivity contribution in [1.29, 1.82) is 0 Å². The summed E-state index contributed by atoms with van der Waals surface area (Å²) in [5.74, 6) is -4.66. The highest BCUT2D eigenvalue weighted by Crippen LogP contribution is 2.33. The molecular weight excluding hydrogens is 391 g/mol. The first kappa shape index (κ1) is 18.1. The molecule has 0 aliphatic carbocycles. The second-order valence-electron chi connectivity index (χ2n) is 4.70. The van der Waals surface area contributed by atoms with E-state index in [1.165, 1.54) is 7.11 Å². The van der Waals surface area contributed by atoms with Gasteiger partial charge < -0.3 is 14.8 Å². The fraction of sp³-hybridized carbons (Fsp3) is 0.188. The Hall–Kier alpha value is -2.22. The summed E-state index contributed by atoms with van der Waals surface area (Å²) in [6.45, 7) is 0.0718. The number of nitrogens with one attached hydrogen (secondary N) is 1. The van der Waals surface area contributed by atoms with Crippen LogP contribution in [0.15, 0.2) is 28.7 Å². The van der Waals surface area contributed by atoms with Gasteiger partial charge in [-0.1, -0.05) is 12.1 Å². The third-order valence-electron chi connectivity index (χ3n) is 3.28. The lowest BCUT2D eigenvalue weighted by Crippen LogP contribution is -2.15. The van der Waals surface area contributed by atoms with Gasteiger partial charge >= 0.3 is 5.97 Å². The monoisotopic (exact) mass is 403 g/mol. The van der Waals surface area contributed by atoms with Crippen molar-refractivity contribution in [1.82, 2.24) is 0 Å². The first-order valence-corrected chi connectivity index (χ1v) is 7.51. The van der Waals surface area contributed by atoms with Crippen molar-refractivity contribution in [2.45, 2.75) is 6.54 Å². The van der Waals surface area contributed by atoms with Gasteiger partial charge in [-0.05, 0) is 33.6 Å². The Labute approximate surface area is 144 Å². The molecule has 128 valence electrons. The largest absolute Gasteiger partial charge is 0.497 e. The molecule has 0 bridgehead atoms. The maximum absolute atomic E-state index is 14.3. The maximum atomic E-state index is 14.3. The zero-order valence-corrected chi connectivity index (χ0v) is 14.3. The molecule has 0 aliphatic heterocycles. The van der Waals surface area contributed by atoms with Crippen LogP contribution in [0.3, 0.4) is 0 Å². The number of esters is 1. The van der Waals surface area contributed by atoms with E-state index < -0.39 is 39.1 Å². The molecule has 4 nitrogen and oxygen atoms in total. The number of methoxy groups -OCH3 is 2. The van der Waals surface area contributed by atoms with Crippen molar-refractivity contribution in [3.63, 3.8) is 0 Å². The molecule has 2 aromatic carbocycles. The number of ether oxygens (including phenoxy) is 2. The zero-order valence-electron chi connectivity index (χ0n) is 12.8. The number of anilines is 1. The number of hydrogen-bond acceptors (Lipinski definition) is 4. The van der Waals surface area contributed by atoms with Crippen molar-refractivity contribution < 1.29 is 27.4 Å². The molecule has 0 heterocycles. The summed E-state index contributed by atoms with van der Waals surface area (Å²) in [4.78, 5) is 11.7. The molecule has 0 spiro atoms. The van der Waals surface area contributed by atoms with Crippen LogP contribution in [0.25, 0.3) is 0 Å². The van der Waals surface area contributed by atoms with Crippen LogP contribution in [-0.2, 0) is 11.3 Å². The fourth-order valence-electron chi connectivity index (χ4n) is 2.03. The topological polar surface area (TPSA) is 47.6 Å². The Kier molecular flexibility index (Phi) is 5.71. The van der Waals surface area contributed by atoms with Crippen molar-refractivity contribution in [2.24, 2.45) is 0 Å². The number of rotatable bonds is 5. The van der Waals surface area contributed by atoms with Crippen LogP contribution in [0.5, 0.6) is 5.75 Å². The summed E-state index contributed by atoms with van der Waals surface area (Å²) >= 11 is 2.63. The summed E-state index contributed by atoms with van der Waals surface area (Å²) in [6, 6.07) is 6.79. The van der Waals surface area contributed by atoms with Gasteiger partial charge in [-0.25, -0.2) is 18.0 Å². The van der Waals surface area contributed by atoms with Crippen LogP contribution in [0.4, 0.5) is 18.9 Å². The van der Waals surface area contributed by atoms with Crippen LogP contribution < -0.4 is 10.1 Å². The summed E-state index contributed by atoms with van der Waals surface area (Å²) in [7, 11) is 2.51. The minimum atomic E-state index is -1.50. The van der Waals surface area contributed by atoms with E-state index in [0.717, 1.165) is 7.11 Å². The van der Waals surface area contributed by atoms with Crippen molar-refractivity contribution in [2.75, 3.05) is 19.5 Å². The highest BCUT2D eigenvalue weighted by molar-refractivity contribution is 9.10. The van der Waals surface area contributed by atoms with Crippen LogP contribution in [0.1, 0.15) is 15.9 Å². The van der Waals surface area contributed by atoms with E-state index in [4.69, 9.17) is 4.74 Å². The molecular formula is C16H13BrF3NO3. The van der Waals surface area contributed by atoms with E-state index >= 15 is 0 Å². The third-order valence-corrected chi connectivity index (χ3v) is 3.98. The number of carbonyl (C=O) groups is 1. The van der Waals surface area contributed by atoms with Gasteiger partial charge in [-0.2, -0.15) is 0 Å². The van der Waals surface area contributed by atoms with Crippen molar-refractivity contribution >= 4 is 27.6 Å². The molecule has 0 saturated heterocycles. The van der Waals surface area contributed by atoms with E-state index in [2.05, 4.69) is 26.0 Å². The quantitative estimate of drug-likeness (QED) is 0.460. The van der Waals surface area contributed by atoms with E-state index in [0.29, 0.717) is 11.3 Å². The highest BCUT2D eigenvalue weighted by atomic mass is 79.9. The summed E-state index contributed by atoms with van der Waals surface area (Å²) < 4.78 is 50.7. The van der Waals surface area contributed by atoms with E-state index in [1.807, 2.05) is 0 Å². The number of hydrogen-bond donors (Lipinski definition) is 1. The molecule has 0 aromatic heterocycles. The number of benzene rings is 2. The van der Waals surface area contributed by atoms with E-state index in [1.54, 1.807) is 24.3 Å². The average Bonchev–Trinajstić information content (AvgIpc) is 2.61. The minimum Gasteiger partial charge on any atom is -0.497 e. The first-order chi connectivity index (χ1) is 11.4. The number of carbonyl (C=O) groups excluding carboxylic acids is 1. The van der Waals surface area contributed by atoms with Gasteiger partial charge in [0, 0.05) is 6.54 Å². The second kappa shape index (κ2) is 7.57. The van der Waals surface area contributed by atoms with Gasteiger partial charge in [0.05, 0.1) is 24.4 Å². The molecule has 0 amide bonds. The average molecular weight is 404 g/mol. The van der Waals surface area contributed by atoms with Gasteiger partial charge in [0.1, 0.15) is 11.3 Å². The van der Waals surface area contributed by atoms with Gasteiger partial charge in [0.2, 0.25) is 0 Å². The molecule has 0 unspecified atom stereocenters. The Bertz CT molecular complexity index is 766. The summed E-state index contributed by atoms with van der Waals surface area (Å²) in [6.07, 6.45) is 0. The molecule has 24 heavy (non-hydrogen) atoms. The van der Waals surface area contributed by atoms with Gasteiger partial charge in [-0.15, -0.1) is 0 Å². The lowest BCUT2D eigenvalue weighted by atomic mass is 10.1. The normalized spacial score (nSPS) is 10.4. The van der Waals surface area contributed by atoms with Gasteiger partial charge in [-0.3, -0.25) is 0 Å². The molecule has 2 aromatic rings. The fourth-order valence-corrected chi connectivity index (χ4v) is 2.40. The summed E-state index contributed by atoms with van der Waals surface area (Å²) in [5.41, 5.74) is -0.598. The van der Waals surface area contributed by atoms with E-state index in [-0.39, 0.29) is 6.54 Å². The predicted octanol–water partition coefficient (Wildman–Crippen LogP) is 4.27. The Morgan fingerprint density at radius 3 is 2.25 bits per heavy atom. The Morgan fingerprint density at radius 1 is 1.08 bits per heavy atom. The molecule has 2 rings (SSSR count). The van der Waals surface area contributed by atoms with Gasteiger partial charge in [0.15, 0.2) is 17.5 Å². The molecule has 0 fully saturated rings. The Balaban J connectivity index is 2.39. The molecule has 8 heteroatoms. The number of halogens is 4. The van der Waals surface area contributed by atoms with Crippen molar-refractivity contribution in [3.05, 3.63) is 57.3 Å². The minimum absolute atomic E-state index is 0.0718. The Morgan fingerprint density at radius 2 is 1.71 bits per heavy atom. The molecule has 1 N–H and O–H groups in total. The predicted molar refractivity (Wildman–Crippen MR) is 85.7 cm³/mol. The zero-order chi connectivity index (χ0) is 17.9. The SMILES string of the molecule is COC(=O)c1c(F)c(F)c(Br)c(F)c1NCc1ccc(OC)cc1. The van der Waals surface area contributed by atoms with E-state index in [9.17, 15) is 18.0 Å². The van der Waals surface area contributed by atoms with Crippen molar-refractivity contribution in [3.8, 4) is 5.75 Å². The van der Waals surface area contributed by atoms with Crippen LogP contribution in [0, 0.1) is 17.5 Å². The molecule has 0 radical (unpaired) electrons. The smallest absolute Gasteiger partial charge is 0.343 e. The highest BCUT2D eigenvalue weighted by Gasteiger charge is 2.28. The van der Waals surface area contributed by atoms with Crippen LogP contribution in [-0.4, -0.2) is 20.2 Å². The van der Waals surface area contributed by atoms with Gasteiger partial charge in [0.25, 0.3) is 0 Å². The molecule has 0 atom stereocenters. The lowest BCUT2D eigenvalue weighted by molar-refractivity contribution is 0.0594. The second-order valence-corrected chi connectivity index (χ2v) is 5.49. The summed E-state index contributed by atoms with van der Waals surface area (Å²) in [5, 5.41) is 2.61. The molecule has 0 aliphatic rings. The third kappa shape index (κ3) is 3.48. The standard InChI is InChI=1S/C16H13BrF3NO3/c1-23-9-5-3-8(4-6-9)7-21-15-10(16(22)24-2)12(18)13(19)11(17)14(15)20/h3-6,21H,7H2,1-2H3. The van der Waals surface area contributed by atoms with Crippen LogP contribution in [0.2, 0.25) is 0 Å². The lowest BCUT2D eigenvalue weighted by Gasteiger charge is -2.15.